The number of pyridine rings is 1. The summed E-state index contributed by atoms with van der Waals surface area (Å²) in [7, 11) is 0. The number of carbonyl (C=O) groups excluding carboxylic acids is 3. The van der Waals surface area contributed by atoms with Crippen LogP contribution in [0, 0.1) is 11.6 Å². The summed E-state index contributed by atoms with van der Waals surface area (Å²) in [6.45, 7) is 12.0. The molecule has 236 valence electrons. The number of urea groups is 1. The summed E-state index contributed by atoms with van der Waals surface area (Å²) in [5.74, 6) is -2.58. The fraction of sp³-hybridized carbons (Fsp3) is 0.375. The van der Waals surface area contributed by atoms with E-state index in [1.54, 1.807) is 57.2 Å². The van der Waals surface area contributed by atoms with E-state index < -0.39 is 41.3 Å². The van der Waals surface area contributed by atoms with Crippen LogP contribution in [0.1, 0.15) is 69.6 Å². The van der Waals surface area contributed by atoms with Crippen molar-refractivity contribution < 1.29 is 27.9 Å². The van der Waals surface area contributed by atoms with Crippen LogP contribution in [0.3, 0.4) is 0 Å². The van der Waals surface area contributed by atoms with Crippen molar-refractivity contribution in [3.63, 3.8) is 0 Å². The number of benzene rings is 2. The van der Waals surface area contributed by atoms with E-state index in [1.807, 2.05) is 0 Å². The number of ether oxygens (including phenoxy) is 1. The van der Waals surface area contributed by atoms with Crippen LogP contribution < -0.4 is 21.3 Å². The van der Waals surface area contributed by atoms with Gasteiger partial charge >= 0.3 is 12.1 Å². The number of aromatic nitrogens is 1. The number of hydrogen-bond acceptors (Lipinski definition) is 6. The van der Waals surface area contributed by atoms with Gasteiger partial charge in [0.25, 0.3) is 5.91 Å². The maximum atomic E-state index is 13.6. The second-order valence-electron chi connectivity index (χ2n) is 11.1. The highest BCUT2D eigenvalue weighted by atomic mass is 19.2. The summed E-state index contributed by atoms with van der Waals surface area (Å²) < 4.78 is 32.2. The first kappa shape index (κ1) is 33.9. The zero-order valence-corrected chi connectivity index (χ0v) is 25.7. The standard InChI is InChI=1S/C32H40F2N6O4/c1-6-40(7-2)18-10-13-25(38-30(42)36-22-15-16-23(33)24(34)19-22)21-14-17-28(35-20-21)29(41)37-26-11-8-9-12-27(26)39-31(43)44-32(3,4)5/h8-9,11-12,14-17,19-20,25H,6-7,10,13,18H2,1-5H3,(H,37,41)(H,39,43)(H2,36,38,42). The van der Waals surface area contributed by atoms with Crippen molar-refractivity contribution in [2.75, 3.05) is 35.6 Å². The number of para-hydroxylation sites is 2. The van der Waals surface area contributed by atoms with Crippen LogP contribution >= 0.6 is 0 Å². The summed E-state index contributed by atoms with van der Waals surface area (Å²) in [5.41, 5.74) is 0.915. The lowest BCUT2D eigenvalue weighted by molar-refractivity contribution is 0.0635. The molecule has 0 radical (unpaired) electrons. The van der Waals surface area contributed by atoms with Crippen LogP contribution in [0.15, 0.2) is 60.8 Å². The average Bonchev–Trinajstić information content (AvgIpc) is 2.96. The second-order valence-corrected chi connectivity index (χ2v) is 11.1. The molecule has 1 heterocycles. The van der Waals surface area contributed by atoms with Gasteiger partial charge in [0.05, 0.1) is 17.4 Å². The first-order chi connectivity index (χ1) is 20.9. The zero-order valence-electron chi connectivity index (χ0n) is 25.7. The van der Waals surface area contributed by atoms with Crippen LogP contribution in [0.25, 0.3) is 0 Å². The highest BCUT2D eigenvalue weighted by Crippen LogP contribution is 2.24. The fourth-order valence-corrected chi connectivity index (χ4v) is 4.33. The van der Waals surface area contributed by atoms with Crippen molar-refractivity contribution in [1.82, 2.24) is 15.2 Å². The Morgan fingerprint density at radius 1 is 0.909 bits per heavy atom. The van der Waals surface area contributed by atoms with Crippen LogP contribution in [0.2, 0.25) is 0 Å². The highest BCUT2D eigenvalue weighted by Gasteiger charge is 2.20. The monoisotopic (exact) mass is 610 g/mol. The van der Waals surface area contributed by atoms with Gasteiger partial charge in [0.15, 0.2) is 11.6 Å². The lowest BCUT2D eigenvalue weighted by Gasteiger charge is -2.22. The largest absolute Gasteiger partial charge is 0.444 e. The van der Waals surface area contributed by atoms with E-state index in [0.717, 1.165) is 38.2 Å². The molecule has 1 atom stereocenters. The number of nitrogens with one attached hydrogen (secondary N) is 4. The van der Waals surface area contributed by atoms with Gasteiger partial charge in [-0.1, -0.05) is 32.0 Å². The van der Waals surface area contributed by atoms with E-state index in [1.165, 1.54) is 12.3 Å². The molecular formula is C32H40F2N6O4. The minimum atomic E-state index is -1.07. The molecule has 0 aliphatic heterocycles. The molecule has 12 heteroatoms. The van der Waals surface area contributed by atoms with Crippen LogP contribution in [0.4, 0.5) is 35.4 Å². The third-order valence-corrected chi connectivity index (χ3v) is 6.58. The Labute approximate surface area is 256 Å². The van der Waals surface area contributed by atoms with Gasteiger partial charge in [-0.25, -0.2) is 18.4 Å². The lowest BCUT2D eigenvalue weighted by atomic mass is 10.0. The summed E-state index contributed by atoms with van der Waals surface area (Å²) >= 11 is 0. The van der Waals surface area contributed by atoms with Gasteiger partial charge in [0.2, 0.25) is 0 Å². The summed E-state index contributed by atoms with van der Waals surface area (Å²) in [6, 6.07) is 12.0. The van der Waals surface area contributed by atoms with Crippen molar-refractivity contribution in [3.05, 3.63) is 83.7 Å². The maximum Gasteiger partial charge on any atom is 0.412 e. The molecule has 3 aromatic rings. The van der Waals surface area contributed by atoms with E-state index in [0.29, 0.717) is 23.4 Å². The van der Waals surface area contributed by atoms with E-state index in [9.17, 15) is 23.2 Å². The second kappa shape index (κ2) is 15.8. The van der Waals surface area contributed by atoms with E-state index in [2.05, 4.69) is 45.0 Å². The maximum absolute atomic E-state index is 13.6. The zero-order chi connectivity index (χ0) is 32.3. The Bertz CT molecular complexity index is 1420. The third-order valence-electron chi connectivity index (χ3n) is 6.58. The highest BCUT2D eigenvalue weighted by molar-refractivity contribution is 6.05. The molecule has 1 aromatic heterocycles. The van der Waals surface area contributed by atoms with Gasteiger partial charge < -0.3 is 25.6 Å². The van der Waals surface area contributed by atoms with Crippen LogP contribution in [-0.4, -0.2) is 53.2 Å². The minimum absolute atomic E-state index is 0.106. The predicted molar refractivity (Wildman–Crippen MR) is 167 cm³/mol. The van der Waals surface area contributed by atoms with Gasteiger partial charge in [-0.3, -0.25) is 15.1 Å². The fourth-order valence-electron chi connectivity index (χ4n) is 4.33. The van der Waals surface area contributed by atoms with Crippen molar-refractivity contribution in [2.24, 2.45) is 0 Å². The Kier molecular flexibility index (Phi) is 12.2. The third kappa shape index (κ3) is 10.6. The number of anilines is 3. The number of carbonyl (C=O) groups is 3. The number of rotatable bonds is 12. The van der Waals surface area contributed by atoms with Gasteiger partial charge in [-0.2, -0.15) is 0 Å². The number of amides is 4. The Balaban J connectivity index is 1.72. The molecule has 1 unspecified atom stereocenters. The van der Waals surface area contributed by atoms with Crippen LogP contribution in [-0.2, 0) is 4.74 Å². The van der Waals surface area contributed by atoms with Gasteiger partial charge in [-0.15, -0.1) is 0 Å². The number of halogens is 2. The summed E-state index contributed by atoms with van der Waals surface area (Å²) in [4.78, 5) is 44.7. The molecule has 0 bridgehead atoms. The SMILES string of the molecule is CCN(CC)CCCC(NC(=O)Nc1ccc(F)c(F)c1)c1ccc(C(=O)Nc2ccccc2NC(=O)OC(C)(C)C)nc1. The van der Waals surface area contributed by atoms with E-state index in [4.69, 9.17) is 4.74 Å². The van der Waals surface area contributed by atoms with Crippen molar-refractivity contribution in [2.45, 2.75) is 59.1 Å². The first-order valence-corrected chi connectivity index (χ1v) is 14.5. The quantitative estimate of drug-likeness (QED) is 0.176. The number of nitrogens with zero attached hydrogens (tertiary/aromatic N) is 2. The van der Waals surface area contributed by atoms with Gasteiger partial charge in [0.1, 0.15) is 11.3 Å². The molecule has 4 N–H and O–H groups in total. The minimum Gasteiger partial charge on any atom is -0.444 e. The number of hydrogen-bond donors (Lipinski definition) is 4. The molecule has 10 nitrogen and oxygen atoms in total. The Morgan fingerprint density at radius 2 is 1.59 bits per heavy atom. The molecule has 0 aliphatic rings. The predicted octanol–water partition coefficient (Wildman–Crippen LogP) is 6.94. The van der Waals surface area contributed by atoms with Gasteiger partial charge in [0, 0.05) is 18.0 Å². The van der Waals surface area contributed by atoms with Gasteiger partial charge in [-0.05, 0) is 89.1 Å². The summed E-state index contributed by atoms with van der Waals surface area (Å²) in [5, 5.41) is 10.8. The summed E-state index contributed by atoms with van der Waals surface area (Å²) in [6.07, 6.45) is 2.19. The van der Waals surface area contributed by atoms with Crippen molar-refractivity contribution in [1.29, 1.82) is 0 Å². The van der Waals surface area contributed by atoms with Crippen LogP contribution in [0.5, 0.6) is 0 Å². The Hall–Kier alpha value is -4.58. The molecule has 0 aliphatic carbocycles. The molecule has 44 heavy (non-hydrogen) atoms. The molecule has 0 saturated carbocycles. The van der Waals surface area contributed by atoms with Crippen molar-refractivity contribution in [3.8, 4) is 0 Å². The molecule has 0 fully saturated rings. The lowest BCUT2D eigenvalue weighted by Crippen LogP contribution is -2.33. The molecule has 3 rings (SSSR count). The normalized spacial score (nSPS) is 11.9. The molecule has 0 saturated heterocycles. The molecule has 0 spiro atoms. The Morgan fingerprint density at radius 3 is 2.18 bits per heavy atom. The van der Waals surface area contributed by atoms with E-state index >= 15 is 0 Å². The van der Waals surface area contributed by atoms with E-state index in [-0.39, 0.29) is 11.4 Å². The first-order valence-electron chi connectivity index (χ1n) is 14.5. The van der Waals surface area contributed by atoms with Crippen molar-refractivity contribution >= 4 is 35.1 Å². The smallest absolute Gasteiger partial charge is 0.412 e. The molecular weight excluding hydrogens is 570 g/mol. The topological polar surface area (TPSA) is 125 Å². The average molecular weight is 611 g/mol. The molecule has 2 aromatic carbocycles. The molecule has 4 amide bonds.